The Morgan fingerprint density at radius 3 is 1.09 bits per heavy atom. The molecule has 0 saturated heterocycles. The maximum Gasteiger partial charge on any atom is 1.00 e. The molecule has 0 spiro atoms. The summed E-state index contributed by atoms with van der Waals surface area (Å²) in [5.74, 6) is 0. The molecule has 5 nitrogen and oxygen atoms in total. The first kappa shape index (κ1) is 32.5. The summed E-state index contributed by atoms with van der Waals surface area (Å²) in [7, 11) is -5.17. The summed E-state index contributed by atoms with van der Waals surface area (Å²) in [6, 6.07) is 0. The molecule has 130 valence electrons. The second-order valence-electron chi connectivity index (χ2n) is 5.44. The smallest absolute Gasteiger partial charge is 0.759 e. The van der Waals surface area contributed by atoms with E-state index in [0.29, 0.717) is 0 Å². The van der Waals surface area contributed by atoms with Crippen LogP contribution in [-0.2, 0) is 10.4 Å². The molecule has 0 heterocycles. The van der Waals surface area contributed by atoms with Crippen molar-refractivity contribution in [3.63, 3.8) is 0 Å². The molecule has 0 aromatic heterocycles. The minimum absolute atomic E-state index is 0. The standard InChI is InChI=1S/C15H33N.2Na.H2O4S/c1-2-3-4-5-6-7-8-9-10-11-12-13-14-15-16;;;1-5(2,3)4/h2-16H2,1H3;;;(H2,1,2,3,4)/q;2*+1;/p-2. The van der Waals surface area contributed by atoms with E-state index < -0.39 is 10.4 Å². The van der Waals surface area contributed by atoms with E-state index in [2.05, 4.69) is 6.92 Å². The van der Waals surface area contributed by atoms with E-state index in [0.717, 1.165) is 6.54 Å². The van der Waals surface area contributed by atoms with E-state index in [-0.39, 0.29) is 59.1 Å². The topological polar surface area (TPSA) is 106 Å². The quantitative estimate of drug-likeness (QED) is 0.170. The van der Waals surface area contributed by atoms with Crippen LogP contribution < -0.4 is 64.8 Å². The SMILES string of the molecule is CCCCCCCCCCCCCCCN.O=S(=O)([O-])[O-].[Na+].[Na+]. The molecule has 0 saturated carbocycles. The van der Waals surface area contributed by atoms with Gasteiger partial charge in [-0.2, -0.15) is 0 Å². The predicted octanol–water partition coefficient (Wildman–Crippen LogP) is -2.29. The summed E-state index contributed by atoms with van der Waals surface area (Å²) in [5.41, 5.74) is 5.46. The van der Waals surface area contributed by atoms with Crippen LogP contribution in [0.2, 0.25) is 0 Å². The molecular formula is C15H33NNa2O4S. The Balaban J connectivity index is -0.000000225. The van der Waals surface area contributed by atoms with Crippen molar-refractivity contribution in [3.05, 3.63) is 0 Å². The normalized spacial score (nSPS) is 10.1. The Hall–Kier alpha value is 1.83. The van der Waals surface area contributed by atoms with Crippen molar-refractivity contribution in [3.8, 4) is 0 Å². The maximum absolute atomic E-state index is 8.52. The Labute approximate surface area is 188 Å². The average molecular weight is 369 g/mol. The summed E-state index contributed by atoms with van der Waals surface area (Å²) in [6.45, 7) is 3.16. The molecule has 0 aliphatic rings. The number of hydrogen-bond donors (Lipinski definition) is 1. The maximum atomic E-state index is 8.52. The summed E-state index contributed by atoms with van der Waals surface area (Å²) in [5, 5.41) is 0. The summed E-state index contributed by atoms with van der Waals surface area (Å²) < 4.78 is 34.1. The number of rotatable bonds is 13. The number of hydrogen-bond acceptors (Lipinski definition) is 5. The molecule has 0 aromatic rings. The van der Waals surface area contributed by atoms with Crippen molar-refractivity contribution in [1.82, 2.24) is 0 Å². The van der Waals surface area contributed by atoms with E-state index in [1.807, 2.05) is 0 Å². The van der Waals surface area contributed by atoms with Gasteiger partial charge < -0.3 is 14.8 Å². The first-order chi connectivity index (χ1) is 9.91. The van der Waals surface area contributed by atoms with E-state index >= 15 is 0 Å². The van der Waals surface area contributed by atoms with Crippen LogP contribution in [0.15, 0.2) is 0 Å². The molecule has 23 heavy (non-hydrogen) atoms. The third-order valence-corrected chi connectivity index (χ3v) is 3.31. The fourth-order valence-electron chi connectivity index (χ4n) is 2.16. The van der Waals surface area contributed by atoms with Crippen LogP contribution in [-0.4, -0.2) is 24.1 Å². The summed E-state index contributed by atoms with van der Waals surface area (Å²) >= 11 is 0. The molecule has 0 radical (unpaired) electrons. The molecule has 0 unspecified atom stereocenters. The van der Waals surface area contributed by atoms with E-state index in [4.69, 9.17) is 23.3 Å². The van der Waals surface area contributed by atoms with Gasteiger partial charge in [-0.3, -0.25) is 8.42 Å². The van der Waals surface area contributed by atoms with Crippen LogP contribution in [0.3, 0.4) is 0 Å². The van der Waals surface area contributed by atoms with Crippen LogP contribution in [0.4, 0.5) is 0 Å². The molecular weight excluding hydrogens is 336 g/mol. The Morgan fingerprint density at radius 1 is 0.652 bits per heavy atom. The minimum atomic E-state index is -5.17. The largest absolute Gasteiger partial charge is 1.00 e. The molecule has 0 aromatic carbocycles. The zero-order valence-electron chi connectivity index (χ0n) is 15.5. The van der Waals surface area contributed by atoms with Crippen molar-refractivity contribution < 1.29 is 76.6 Å². The van der Waals surface area contributed by atoms with Gasteiger partial charge in [-0.05, 0) is 13.0 Å². The van der Waals surface area contributed by atoms with Gasteiger partial charge in [0.05, 0.1) is 0 Å². The monoisotopic (exact) mass is 369 g/mol. The zero-order valence-corrected chi connectivity index (χ0v) is 20.3. The molecule has 8 heteroatoms. The van der Waals surface area contributed by atoms with Crippen LogP contribution >= 0.6 is 0 Å². The molecule has 0 aliphatic heterocycles. The predicted molar refractivity (Wildman–Crippen MR) is 85.2 cm³/mol. The van der Waals surface area contributed by atoms with Gasteiger partial charge in [0.25, 0.3) is 0 Å². The number of unbranched alkanes of at least 4 members (excludes halogenated alkanes) is 12. The van der Waals surface area contributed by atoms with Gasteiger partial charge in [-0.25, -0.2) is 0 Å². The van der Waals surface area contributed by atoms with Gasteiger partial charge in [0.1, 0.15) is 0 Å². The first-order valence-corrected chi connectivity index (χ1v) is 9.62. The van der Waals surface area contributed by atoms with Crippen molar-refractivity contribution in [2.75, 3.05) is 6.54 Å². The van der Waals surface area contributed by atoms with Gasteiger partial charge in [-0.15, -0.1) is 0 Å². The Morgan fingerprint density at radius 2 is 0.870 bits per heavy atom. The zero-order chi connectivity index (χ0) is 16.4. The van der Waals surface area contributed by atoms with Crippen molar-refractivity contribution in [2.45, 2.75) is 90.4 Å². The van der Waals surface area contributed by atoms with Crippen LogP contribution in [0.1, 0.15) is 90.4 Å². The van der Waals surface area contributed by atoms with E-state index in [9.17, 15) is 0 Å². The van der Waals surface area contributed by atoms with Gasteiger partial charge in [0, 0.05) is 10.4 Å². The molecule has 0 fully saturated rings. The fraction of sp³-hybridized carbons (Fsp3) is 1.00. The van der Waals surface area contributed by atoms with Crippen molar-refractivity contribution in [1.29, 1.82) is 0 Å². The van der Waals surface area contributed by atoms with E-state index in [1.165, 1.54) is 83.5 Å². The second kappa shape index (κ2) is 26.1. The van der Waals surface area contributed by atoms with Gasteiger partial charge >= 0.3 is 59.1 Å². The Bertz CT molecular complexity index is 269. The Kier molecular flexibility index (Phi) is 36.8. The molecule has 0 aliphatic carbocycles. The summed E-state index contributed by atoms with van der Waals surface area (Å²) in [4.78, 5) is 0. The third-order valence-electron chi connectivity index (χ3n) is 3.31. The van der Waals surface area contributed by atoms with Crippen molar-refractivity contribution >= 4 is 10.4 Å². The van der Waals surface area contributed by atoms with Gasteiger partial charge in [-0.1, -0.05) is 84.0 Å². The molecule has 0 rings (SSSR count). The van der Waals surface area contributed by atoms with Gasteiger partial charge in [0.2, 0.25) is 0 Å². The second-order valence-corrected chi connectivity index (χ2v) is 6.26. The van der Waals surface area contributed by atoms with Crippen LogP contribution in [0, 0.1) is 0 Å². The average Bonchev–Trinajstić information content (AvgIpc) is 2.38. The van der Waals surface area contributed by atoms with E-state index in [1.54, 1.807) is 0 Å². The molecule has 0 bridgehead atoms. The number of nitrogens with two attached hydrogens (primary N) is 1. The third kappa shape index (κ3) is 51.6. The minimum Gasteiger partial charge on any atom is -0.759 e. The molecule has 2 N–H and O–H groups in total. The summed E-state index contributed by atoms with van der Waals surface area (Å²) in [6.07, 6.45) is 18.4. The first-order valence-electron chi connectivity index (χ1n) is 8.28. The fourth-order valence-corrected chi connectivity index (χ4v) is 2.16. The van der Waals surface area contributed by atoms with Crippen LogP contribution in [0.25, 0.3) is 0 Å². The van der Waals surface area contributed by atoms with Crippen LogP contribution in [0.5, 0.6) is 0 Å². The molecule has 0 atom stereocenters. The van der Waals surface area contributed by atoms with Crippen molar-refractivity contribution in [2.24, 2.45) is 5.73 Å². The van der Waals surface area contributed by atoms with Gasteiger partial charge in [0.15, 0.2) is 0 Å². The molecule has 0 amide bonds.